The molecule has 0 spiro atoms. The zero-order chi connectivity index (χ0) is 16.9. The first-order valence-corrected chi connectivity index (χ1v) is 9.46. The van der Waals surface area contributed by atoms with Gasteiger partial charge in [0.15, 0.2) is 0 Å². The number of hydrogen-bond donors (Lipinski definition) is 1. The molecular weight excluding hydrogens is 298 g/mol. The zero-order valence-electron chi connectivity index (χ0n) is 14.9. The molecule has 24 heavy (non-hydrogen) atoms. The van der Waals surface area contributed by atoms with Crippen molar-refractivity contribution in [3.63, 3.8) is 0 Å². The summed E-state index contributed by atoms with van der Waals surface area (Å²) in [7, 11) is 0. The molecule has 1 aromatic rings. The van der Waals surface area contributed by atoms with E-state index < -0.39 is 0 Å². The molecule has 3 rings (SSSR count). The molecule has 0 saturated heterocycles. The Balaban J connectivity index is 1.55. The molecule has 0 aliphatic heterocycles. The summed E-state index contributed by atoms with van der Waals surface area (Å²) >= 11 is 0. The number of carbonyl (C=O) groups excluding carboxylic acids is 1. The first kappa shape index (κ1) is 17.4. The van der Waals surface area contributed by atoms with Crippen LogP contribution in [-0.2, 0) is 11.2 Å². The molecule has 1 amide bonds. The third-order valence-corrected chi connectivity index (χ3v) is 5.33. The number of nitrogens with two attached hydrogens (primary N) is 1. The maximum absolute atomic E-state index is 12.9. The van der Waals surface area contributed by atoms with Crippen molar-refractivity contribution < 1.29 is 4.79 Å². The van der Waals surface area contributed by atoms with Gasteiger partial charge in [0, 0.05) is 31.7 Å². The Hall–Kier alpha value is -1.39. The highest BCUT2D eigenvalue weighted by Gasteiger charge is 2.41. The van der Waals surface area contributed by atoms with Gasteiger partial charge >= 0.3 is 0 Å². The maximum Gasteiger partial charge on any atom is 0.237 e. The van der Waals surface area contributed by atoms with Crippen molar-refractivity contribution in [3.05, 3.63) is 35.9 Å². The van der Waals surface area contributed by atoms with Crippen LogP contribution >= 0.6 is 0 Å². The van der Waals surface area contributed by atoms with Gasteiger partial charge in [0.05, 0.1) is 6.54 Å². The van der Waals surface area contributed by atoms with Crippen molar-refractivity contribution in [2.75, 3.05) is 26.2 Å². The van der Waals surface area contributed by atoms with E-state index in [0.29, 0.717) is 31.1 Å². The topological polar surface area (TPSA) is 49.6 Å². The lowest BCUT2D eigenvalue weighted by Gasteiger charge is -2.32. The highest BCUT2D eigenvalue weighted by atomic mass is 16.2. The SMILES string of the molecule is CC(C1CC1)N(C(=O)CN(CCN)CCc1ccccc1)C1CC1. The van der Waals surface area contributed by atoms with Gasteiger partial charge in [0.1, 0.15) is 0 Å². The van der Waals surface area contributed by atoms with E-state index >= 15 is 0 Å². The van der Waals surface area contributed by atoms with Gasteiger partial charge in [-0.2, -0.15) is 0 Å². The van der Waals surface area contributed by atoms with Gasteiger partial charge in [0.25, 0.3) is 0 Å². The van der Waals surface area contributed by atoms with E-state index in [1.165, 1.54) is 31.2 Å². The number of amides is 1. The average molecular weight is 329 g/mol. The van der Waals surface area contributed by atoms with Crippen LogP contribution in [0.5, 0.6) is 0 Å². The maximum atomic E-state index is 12.9. The van der Waals surface area contributed by atoms with E-state index in [-0.39, 0.29) is 0 Å². The summed E-state index contributed by atoms with van der Waals surface area (Å²) in [5.74, 6) is 1.04. The van der Waals surface area contributed by atoms with Crippen molar-refractivity contribution in [2.45, 2.75) is 51.1 Å². The molecule has 2 fully saturated rings. The molecule has 0 aromatic heterocycles. The lowest BCUT2D eigenvalue weighted by molar-refractivity contribution is -0.135. The average Bonchev–Trinajstić information content (AvgIpc) is 3.47. The van der Waals surface area contributed by atoms with Gasteiger partial charge in [-0.05, 0) is 50.5 Å². The zero-order valence-corrected chi connectivity index (χ0v) is 14.9. The van der Waals surface area contributed by atoms with E-state index in [0.717, 1.165) is 25.4 Å². The van der Waals surface area contributed by atoms with Gasteiger partial charge < -0.3 is 10.6 Å². The highest BCUT2D eigenvalue weighted by Crippen LogP contribution is 2.39. The third-order valence-electron chi connectivity index (χ3n) is 5.33. The molecule has 0 heterocycles. The minimum absolute atomic E-state index is 0.304. The number of hydrogen-bond acceptors (Lipinski definition) is 3. The fourth-order valence-electron chi connectivity index (χ4n) is 3.58. The van der Waals surface area contributed by atoms with E-state index in [9.17, 15) is 4.79 Å². The Labute approximate surface area is 146 Å². The molecular formula is C20H31N3O. The predicted molar refractivity (Wildman–Crippen MR) is 97.7 cm³/mol. The van der Waals surface area contributed by atoms with E-state index in [1.54, 1.807) is 0 Å². The lowest BCUT2D eigenvalue weighted by atomic mass is 10.1. The van der Waals surface area contributed by atoms with Crippen LogP contribution in [0.25, 0.3) is 0 Å². The van der Waals surface area contributed by atoms with Crippen LogP contribution < -0.4 is 5.73 Å². The lowest BCUT2D eigenvalue weighted by Crippen LogP contribution is -2.47. The Morgan fingerprint density at radius 3 is 2.46 bits per heavy atom. The summed E-state index contributed by atoms with van der Waals surface area (Å²) in [6.07, 6.45) is 5.92. The van der Waals surface area contributed by atoms with E-state index in [2.05, 4.69) is 41.0 Å². The molecule has 2 aliphatic rings. The molecule has 1 atom stereocenters. The Bertz CT molecular complexity index is 525. The fraction of sp³-hybridized carbons (Fsp3) is 0.650. The van der Waals surface area contributed by atoms with Gasteiger partial charge in [-0.15, -0.1) is 0 Å². The van der Waals surface area contributed by atoms with Gasteiger partial charge in [0.2, 0.25) is 5.91 Å². The first-order valence-electron chi connectivity index (χ1n) is 9.46. The quantitative estimate of drug-likeness (QED) is 0.716. The molecule has 1 unspecified atom stereocenters. The molecule has 0 radical (unpaired) electrons. The van der Waals surface area contributed by atoms with Gasteiger partial charge in [-0.25, -0.2) is 0 Å². The Kier molecular flexibility index (Phi) is 5.90. The number of nitrogens with zero attached hydrogens (tertiary/aromatic N) is 2. The number of carbonyl (C=O) groups is 1. The summed E-state index contributed by atoms with van der Waals surface area (Å²) in [5, 5.41) is 0. The van der Waals surface area contributed by atoms with Gasteiger partial charge in [-0.1, -0.05) is 30.3 Å². The summed E-state index contributed by atoms with van der Waals surface area (Å²) < 4.78 is 0. The van der Waals surface area contributed by atoms with E-state index in [4.69, 9.17) is 5.73 Å². The second-order valence-corrected chi connectivity index (χ2v) is 7.41. The first-order chi connectivity index (χ1) is 11.7. The minimum atomic E-state index is 0.304. The second-order valence-electron chi connectivity index (χ2n) is 7.41. The monoisotopic (exact) mass is 329 g/mol. The van der Waals surface area contributed by atoms with Crippen LogP contribution in [0.3, 0.4) is 0 Å². The Morgan fingerprint density at radius 1 is 1.17 bits per heavy atom. The molecule has 4 nitrogen and oxygen atoms in total. The number of benzene rings is 1. The molecule has 2 aliphatic carbocycles. The van der Waals surface area contributed by atoms with Crippen molar-refractivity contribution >= 4 is 5.91 Å². The van der Waals surface area contributed by atoms with Crippen LogP contribution in [0.1, 0.15) is 38.2 Å². The summed E-state index contributed by atoms with van der Waals surface area (Å²) in [6.45, 7) is 5.03. The van der Waals surface area contributed by atoms with Crippen molar-refractivity contribution in [1.82, 2.24) is 9.80 Å². The smallest absolute Gasteiger partial charge is 0.237 e. The molecule has 2 saturated carbocycles. The molecule has 1 aromatic carbocycles. The van der Waals surface area contributed by atoms with E-state index in [1.807, 2.05) is 6.07 Å². The van der Waals surface area contributed by atoms with Crippen molar-refractivity contribution in [3.8, 4) is 0 Å². The molecule has 132 valence electrons. The summed E-state index contributed by atoms with van der Waals surface area (Å²) in [6, 6.07) is 11.4. The largest absolute Gasteiger partial charge is 0.336 e. The second kappa shape index (κ2) is 8.13. The normalized spacial score (nSPS) is 18.6. The number of rotatable bonds is 10. The fourth-order valence-corrected chi connectivity index (χ4v) is 3.58. The summed E-state index contributed by atoms with van der Waals surface area (Å²) in [5.41, 5.74) is 7.09. The standard InChI is InChI=1S/C20H31N3O/c1-16(18-7-8-18)23(19-9-10-19)20(24)15-22(14-12-21)13-11-17-5-3-2-4-6-17/h2-6,16,18-19H,7-15,21H2,1H3. The Morgan fingerprint density at radius 2 is 1.88 bits per heavy atom. The van der Waals surface area contributed by atoms with Crippen LogP contribution in [0.15, 0.2) is 30.3 Å². The highest BCUT2D eigenvalue weighted by molar-refractivity contribution is 5.79. The predicted octanol–water partition coefficient (Wildman–Crippen LogP) is 2.28. The molecule has 4 heteroatoms. The van der Waals surface area contributed by atoms with Crippen LogP contribution in [0.2, 0.25) is 0 Å². The summed E-state index contributed by atoms with van der Waals surface area (Å²) in [4.78, 5) is 17.4. The van der Waals surface area contributed by atoms with Crippen molar-refractivity contribution in [1.29, 1.82) is 0 Å². The van der Waals surface area contributed by atoms with Crippen LogP contribution in [0.4, 0.5) is 0 Å². The molecule has 2 N–H and O–H groups in total. The van der Waals surface area contributed by atoms with Gasteiger partial charge in [-0.3, -0.25) is 9.69 Å². The van der Waals surface area contributed by atoms with Crippen LogP contribution in [-0.4, -0.2) is 54.0 Å². The van der Waals surface area contributed by atoms with Crippen molar-refractivity contribution in [2.24, 2.45) is 11.7 Å². The third kappa shape index (κ3) is 4.81. The van der Waals surface area contributed by atoms with Crippen LogP contribution in [0, 0.1) is 5.92 Å². The molecule has 0 bridgehead atoms. The minimum Gasteiger partial charge on any atom is -0.336 e.